The van der Waals surface area contributed by atoms with Crippen LogP contribution in [0.3, 0.4) is 0 Å². The lowest BCUT2D eigenvalue weighted by atomic mass is 9.96. The van der Waals surface area contributed by atoms with Crippen LogP contribution in [0.25, 0.3) is 0 Å². The van der Waals surface area contributed by atoms with Crippen LogP contribution in [0.15, 0.2) is 36.4 Å². The van der Waals surface area contributed by atoms with E-state index in [1.54, 1.807) is 0 Å². The van der Waals surface area contributed by atoms with E-state index in [0.29, 0.717) is 5.92 Å². The fourth-order valence-corrected chi connectivity index (χ4v) is 2.25. The van der Waals surface area contributed by atoms with Crippen molar-refractivity contribution in [3.63, 3.8) is 0 Å². The first-order valence-electron chi connectivity index (χ1n) is 5.73. The Hall–Kier alpha value is -0.790. The number of nitrogens with zero attached hydrogens (tertiary/aromatic N) is 1. The van der Waals surface area contributed by atoms with Gasteiger partial charge in [0.05, 0.1) is 0 Å². The first-order chi connectivity index (χ1) is 7.79. The Morgan fingerprint density at radius 1 is 1.31 bits per heavy atom. The van der Waals surface area contributed by atoms with Gasteiger partial charge >= 0.3 is 0 Å². The highest BCUT2D eigenvalue weighted by molar-refractivity contribution is 6.30. The van der Waals surface area contributed by atoms with Crippen LogP contribution in [0.4, 0.5) is 0 Å². The average Bonchev–Trinajstić information content (AvgIpc) is 2.31. The molecule has 1 nitrogen and oxygen atoms in total. The van der Waals surface area contributed by atoms with Gasteiger partial charge in [-0.2, -0.15) is 0 Å². The van der Waals surface area contributed by atoms with Gasteiger partial charge in [0.15, 0.2) is 0 Å². The molecule has 0 saturated heterocycles. The number of benzene rings is 1. The Balaban J connectivity index is 2.07. The molecular formula is C14H17ClN. The summed E-state index contributed by atoms with van der Waals surface area (Å²) in [6, 6.07) is 8.16. The fraction of sp³-hybridized carbons (Fsp3) is 0.357. The molecule has 85 valence electrons. The minimum absolute atomic E-state index is 0.498. The van der Waals surface area contributed by atoms with E-state index in [9.17, 15) is 0 Å². The molecule has 1 aromatic carbocycles. The third-order valence-electron chi connectivity index (χ3n) is 2.96. The Bertz CT molecular complexity index is 356. The largest absolute Gasteiger partial charge is 0.299 e. The third-order valence-corrected chi connectivity index (χ3v) is 3.21. The lowest BCUT2D eigenvalue weighted by Gasteiger charge is -2.28. The SMILES string of the molecule is [CH2]CCN1CC=CC(c2ccc(Cl)cc2)C1. The van der Waals surface area contributed by atoms with Gasteiger partial charge in [0.2, 0.25) is 0 Å². The second-order valence-electron chi connectivity index (χ2n) is 4.20. The summed E-state index contributed by atoms with van der Waals surface area (Å²) in [6.07, 6.45) is 5.52. The first kappa shape index (κ1) is 11.7. The van der Waals surface area contributed by atoms with E-state index >= 15 is 0 Å². The van der Waals surface area contributed by atoms with Gasteiger partial charge in [-0.3, -0.25) is 4.90 Å². The zero-order valence-electron chi connectivity index (χ0n) is 9.40. The molecule has 0 N–H and O–H groups in total. The highest BCUT2D eigenvalue weighted by atomic mass is 35.5. The summed E-state index contributed by atoms with van der Waals surface area (Å²) in [7, 11) is 0. The summed E-state index contributed by atoms with van der Waals surface area (Å²) >= 11 is 5.89. The molecule has 2 heteroatoms. The Morgan fingerprint density at radius 3 is 2.75 bits per heavy atom. The van der Waals surface area contributed by atoms with Crippen molar-refractivity contribution in [2.75, 3.05) is 19.6 Å². The van der Waals surface area contributed by atoms with Gasteiger partial charge in [-0.05, 0) is 30.7 Å². The second-order valence-corrected chi connectivity index (χ2v) is 4.64. The van der Waals surface area contributed by atoms with Crippen molar-refractivity contribution in [1.29, 1.82) is 0 Å². The quantitative estimate of drug-likeness (QED) is 0.724. The molecule has 1 aliphatic rings. The van der Waals surface area contributed by atoms with E-state index in [4.69, 9.17) is 11.6 Å². The van der Waals surface area contributed by atoms with Crippen molar-refractivity contribution >= 4 is 11.6 Å². The summed E-state index contributed by atoms with van der Waals surface area (Å²) in [4.78, 5) is 2.44. The molecule has 1 unspecified atom stereocenters. The van der Waals surface area contributed by atoms with Crippen molar-refractivity contribution in [1.82, 2.24) is 4.90 Å². The number of rotatable bonds is 3. The van der Waals surface area contributed by atoms with Gasteiger partial charge in [0.1, 0.15) is 0 Å². The summed E-state index contributed by atoms with van der Waals surface area (Å²) in [5.74, 6) is 0.498. The van der Waals surface area contributed by atoms with Gasteiger partial charge in [-0.15, -0.1) is 0 Å². The summed E-state index contributed by atoms with van der Waals surface area (Å²) in [6.45, 7) is 7.13. The molecule has 1 aromatic rings. The zero-order chi connectivity index (χ0) is 11.4. The van der Waals surface area contributed by atoms with E-state index in [1.807, 2.05) is 12.1 Å². The maximum absolute atomic E-state index is 5.89. The smallest absolute Gasteiger partial charge is 0.0406 e. The number of hydrogen-bond donors (Lipinski definition) is 0. The van der Waals surface area contributed by atoms with Crippen molar-refractivity contribution in [3.8, 4) is 0 Å². The van der Waals surface area contributed by atoms with E-state index in [1.165, 1.54) is 5.56 Å². The predicted molar refractivity (Wildman–Crippen MR) is 69.7 cm³/mol. The molecule has 0 bridgehead atoms. The van der Waals surface area contributed by atoms with Crippen molar-refractivity contribution in [3.05, 3.63) is 53.9 Å². The van der Waals surface area contributed by atoms with E-state index in [0.717, 1.165) is 31.1 Å². The Kier molecular flexibility index (Phi) is 4.03. The van der Waals surface area contributed by atoms with Crippen molar-refractivity contribution in [2.24, 2.45) is 0 Å². The molecule has 0 fully saturated rings. The van der Waals surface area contributed by atoms with Crippen molar-refractivity contribution in [2.45, 2.75) is 12.3 Å². The van der Waals surface area contributed by atoms with Crippen LogP contribution in [-0.4, -0.2) is 24.5 Å². The van der Waals surface area contributed by atoms with Crippen LogP contribution in [-0.2, 0) is 0 Å². The summed E-state index contributed by atoms with van der Waals surface area (Å²) < 4.78 is 0. The van der Waals surface area contributed by atoms with Crippen molar-refractivity contribution < 1.29 is 0 Å². The van der Waals surface area contributed by atoms with Crippen LogP contribution >= 0.6 is 11.6 Å². The molecular weight excluding hydrogens is 218 g/mol. The molecule has 0 spiro atoms. The molecule has 2 rings (SSSR count). The molecule has 1 aliphatic heterocycles. The van der Waals surface area contributed by atoms with Crippen LogP contribution in [0, 0.1) is 6.92 Å². The molecule has 1 radical (unpaired) electrons. The van der Waals surface area contributed by atoms with Gasteiger partial charge in [0, 0.05) is 24.0 Å². The molecule has 1 heterocycles. The van der Waals surface area contributed by atoms with Gasteiger partial charge in [-0.1, -0.05) is 42.8 Å². The lowest BCUT2D eigenvalue weighted by Crippen LogP contribution is -2.32. The maximum Gasteiger partial charge on any atom is 0.0406 e. The van der Waals surface area contributed by atoms with E-state index < -0.39 is 0 Å². The highest BCUT2D eigenvalue weighted by Gasteiger charge is 2.16. The summed E-state index contributed by atoms with van der Waals surface area (Å²) in [5.41, 5.74) is 1.34. The van der Waals surface area contributed by atoms with E-state index in [-0.39, 0.29) is 0 Å². The van der Waals surface area contributed by atoms with Crippen LogP contribution in [0.2, 0.25) is 5.02 Å². The fourth-order valence-electron chi connectivity index (χ4n) is 2.12. The predicted octanol–water partition coefficient (Wildman–Crippen LogP) is 3.52. The number of hydrogen-bond acceptors (Lipinski definition) is 1. The Morgan fingerprint density at radius 2 is 2.06 bits per heavy atom. The first-order valence-corrected chi connectivity index (χ1v) is 6.11. The molecule has 0 aliphatic carbocycles. The minimum Gasteiger partial charge on any atom is -0.299 e. The van der Waals surface area contributed by atoms with Gasteiger partial charge in [0.25, 0.3) is 0 Å². The maximum atomic E-state index is 5.89. The molecule has 0 aromatic heterocycles. The third kappa shape index (κ3) is 2.87. The monoisotopic (exact) mass is 234 g/mol. The Labute approximate surface area is 103 Å². The normalized spacial score (nSPS) is 21.2. The summed E-state index contributed by atoms with van der Waals surface area (Å²) in [5, 5.41) is 0.804. The molecule has 16 heavy (non-hydrogen) atoms. The van der Waals surface area contributed by atoms with E-state index in [2.05, 4.69) is 36.1 Å². The van der Waals surface area contributed by atoms with Gasteiger partial charge < -0.3 is 0 Å². The molecule has 0 amide bonds. The molecule has 1 atom stereocenters. The van der Waals surface area contributed by atoms with Crippen LogP contribution < -0.4 is 0 Å². The number of halogens is 1. The highest BCUT2D eigenvalue weighted by Crippen LogP contribution is 2.23. The van der Waals surface area contributed by atoms with Crippen LogP contribution in [0.1, 0.15) is 17.9 Å². The molecule has 0 saturated carbocycles. The minimum atomic E-state index is 0.498. The standard InChI is InChI=1S/C14H17ClN/c1-2-9-16-10-3-4-13(11-16)12-5-7-14(15)8-6-12/h3-8,13H,1-2,9-11H2. The zero-order valence-corrected chi connectivity index (χ0v) is 10.2. The van der Waals surface area contributed by atoms with Gasteiger partial charge in [-0.25, -0.2) is 0 Å². The lowest BCUT2D eigenvalue weighted by molar-refractivity contribution is 0.289. The second kappa shape index (κ2) is 5.51. The average molecular weight is 235 g/mol. The topological polar surface area (TPSA) is 3.24 Å². The van der Waals surface area contributed by atoms with Crippen LogP contribution in [0.5, 0.6) is 0 Å².